The van der Waals surface area contributed by atoms with Gasteiger partial charge in [0, 0.05) is 29.7 Å². The van der Waals surface area contributed by atoms with Crippen molar-refractivity contribution >= 4 is 32.7 Å². The summed E-state index contributed by atoms with van der Waals surface area (Å²) in [6, 6.07) is 15.7. The average Bonchev–Trinajstić information content (AvgIpc) is 3.24. The molecule has 0 aliphatic rings. The maximum Gasteiger partial charge on any atom is 0.416 e. The molecular weight excluding hydrogens is 569 g/mol. The monoisotopic (exact) mass is 602 g/mol. The molecule has 42 heavy (non-hydrogen) atoms. The van der Waals surface area contributed by atoms with E-state index in [0.29, 0.717) is 17.4 Å². The second kappa shape index (κ2) is 11.7. The SMILES string of the molecule is CN(C)CCNC(=O)Oc1[nH]c2ccc(NS(=O)(=O)c3ccc(C(C)(C)C)cc3)cc2c1-c1cccc(C(F)(F)F)c1. The van der Waals surface area contributed by atoms with Crippen LogP contribution >= 0.6 is 0 Å². The molecule has 224 valence electrons. The Hall–Kier alpha value is -4.03. The topological polar surface area (TPSA) is 104 Å². The predicted octanol–water partition coefficient (Wildman–Crippen LogP) is 6.60. The van der Waals surface area contributed by atoms with Gasteiger partial charge in [-0.1, -0.05) is 45.0 Å². The number of H-pyrrole nitrogens is 1. The lowest BCUT2D eigenvalue weighted by molar-refractivity contribution is -0.137. The first kappa shape index (κ1) is 30.9. The molecule has 0 spiro atoms. The molecule has 1 aromatic heterocycles. The van der Waals surface area contributed by atoms with E-state index in [1.807, 2.05) is 39.8 Å². The van der Waals surface area contributed by atoms with Gasteiger partial charge in [-0.25, -0.2) is 13.2 Å². The van der Waals surface area contributed by atoms with Gasteiger partial charge >= 0.3 is 12.3 Å². The van der Waals surface area contributed by atoms with Gasteiger partial charge in [0.05, 0.1) is 16.0 Å². The van der Waals surface area contributed by atoms with Crippen LogP contribution in [-0.2, 0) is 21.6 Å². The van der Waals surface area contributed by atoms with Crippen molar-refractivity contribution in [3.8, 4) is 17.0 Å². The van der Waals surface area contributed by atoms with Gasteiger partial charge in [0.2, 0.25) is 5.88 Å². The summed E-state index contributed by atoms with van der Waals surface area (Å²) >= 11 is 0. The fraction of sp³-hybridized carbons (Fsp3) is 0.300. The number of nitrogens with zero attached hydrogens (tertiary/aromatic N) is 1. The number of hydrogen-bond donors (Lipinski definition) is 3. The Bertz CT molecular complexity index is 1690. The van der Waals surface area contributed by atoms with E-state index < -0.39 is 27.9 Å². The van der Waals surface area contributed by atoms with E-state index in [2.05, 4.69) is 15.0 Å². The molecular formula is C30H33F3N4O4S. The Balaban J connectivity index is 1.74. The van der Waals surface area contributed by atoms with Crippen LogP contribution in [0.3, 0.4) is 0 Å². The summed E-state index contributed by atoms with van der Waals surface area (Å²) in [6.07, 6.45) is -5.40. The van der Waals surface area contributed by atoms with Crippen LogP contribution in [0.2, 0.25) is 0 Å². The van der Waals surface area contributed by atoms with Gasteiger partial charge in [0.1, 0.15) is 0 Å². The van der Waals surface area contributed by atoms with Crippen LogP contribution in [0.4, 0.5) is 23.7 Å². The molecule has 3 N–H and O–H groups in total. The predicted molar refractivity (Wildman–Crippen MR) is 157 cm³/mol. The minimum atomic E-state index is -4.60. The summed E-state index contributed by atoms with van der Waals surface area (Å²) in [6.45, 7) is 6.90. The average molecular weight is 603 g/mol. The molecule has 3 aromatic carbocycles. The number of nitrogens with one attached hydrogen (secondary N) is 3. The molecule has 0 radical (unpaired) electrons. The van der Waals surface area contributed by atoms with Gasteiger partial charge in [-0.05, 0) is 73.1 Å². The Kier molecular flexibility index (Phi) is 8.60. The maximum atomic E-state index is 13.6. The molecule has 0 unspecified atom stereocenters. The minimum Gasteiger partial charge on any atom is -0.393 e. The number of benzene rings is 3. The van der Waals surface area contributed by atoms with Crippen LogP contribution in [0.15, 0.2) is 71.6 Å². The molecule has 0 saturated carbocycles. The second-order valence-electron chi connectivity index (χ2n) is 11.2. The van der Waals surface area contributed by atoms with Crippen LogP contribution in [-0.4, -0.2) is 51.6 Å². The molecule has 0 aliphatic heterocycles. The van der Waals surface area contributed by atoms with Gasteiger partial charge in [-0.15, -0.1) is 0 Å². The number of fused-ring (bicyclic) bond motifs is 1. The largest absolute Gasteiger partial charge is 0.416 e. The number of carbonyl (C=O) groups excluding carboxylic acids is 1. The number of aromatic nitrogens is 1. The van der Waals surface area contributed by atoms with Crippen molar-refractivity contribution < 1.29 is 31.1 Å². The molecule has 8 nitrogen and oxygen atoms in total. The number of alkyl halides is 3. The molecule has 1 heterocycles. The van der Waals surface area contributed by atoms with Gasteiger partial charge in [0.25, 0.3) is 10.0 Å². The molecule has 0 bridgehead atoms. The first-order chi connectivity index (χ1) is 19.5. The van der Waals surface area contributed by atoms with Crippen molar-refractivity contribution in [1.29, 1.82) is 0 Å². The van der Waals surface area contributed by atoms with Gasteiger partial charge in [0.15, 0.2) is 0 Å². The summed E-state index contributed by atoms with van der Waals surface area (Å²) in [5.74, 6) is -0.0792. The summed E-state index contributed by atoms with van der Waals surface area (Å²) in [5.41, 5.74) is 0.843. The number of likely N-dealkylation sites (N-methyl/N-ethyl adjacent to an activating group) is 1. The zero-order chi connectivity index (χ0) is 30.9. The van der Waals surface area contributed by atoms with E-state index in [1.165, 1.54) is 36.4 Å². The van der Waals surface area contributed by atoms with Gasteiger partial charge in [-0.3, -0.25) is 4.72 Å². The molecule has 0 aliphatic carbocycles. The highest BCUT2D eigenvalue weighted by Crippen LogP contribution is 2.41. The Morgan fingerprint density at radius 1 is 0.952 bits per heavy atom. The van der Waals surface area contributed by atoms with E-state index in [1.54, 1.807) is 18.2 Å². The van der Waals surface area contributed by atoms with Gasteiger partial charge < -0.3 is 19.9 Å². The lowest BCUT2D eigenvalue weighted by Gasteiger charge is -2.19. The fourth-order valence-corrected chi connectivity index (χ4v) is 5.35. The number of carbonyl (C=O) groups is 1. The van der Waals surface area contributed by atoms with E-state index in [-0.39, 0.29) is 39.5 Å². The zero-order valence-electron chi connectivity index (χ0n) is 23.9. The molecule has 0 fully saturated rings. The van der Waals surface area contributed by atoms with Crippen LogP contribution < -0.4 is 14.8 Å². The first-order valence-corrected chi connectivity index (χ1v) is 14.6. The number of amides is 1. The third-order valence-corrected chi connectivity index (χ3v) is 7.95. The van der Waals surface area contributed by atoms with Crippen LogP contribution in [0, 0.1) is 0 Å². The van der Waals surface area contributed by atoms with Crippen molar-refractivity contribution in [3.05, 3.63) is 77.9 Å². The molecule has 4 aromatic rings. The highest BCUT2D eigenvalue weighted by molar-refractivity contribution is 7.92. The highest BCUT2D eigenvalue weighted by atomic mass is 32.2. The van der Waals surface area contributed by atoms with Crippen molar-refractivity contribution in [3.63, 3.8) is 0 Å². The van der Waals surface area contributed by atoms with E-state index in [4.69, 9.17) is 4.74 Å². The van der Waals surface area contributed by atoms with Crippen molar-refractivity contribution in [2.45, 2.75) is 37.3 Å². The number of rotatable bonds is 8. The van der Waals surface area contributed by atoms with Crippen molar-refractivity contribution in [2.24, 2.45) is 0 Å². The summed E-state index contributed by atoms with van der Waals surface area (Å²) < 4.78 is 75.1. The third kappa shape index (κ3) is 7.24. The van der Waals surface area contributed by atoms with Crippen LogP contribution in [0.5, 0.6) is 5.88 Å². The van der Waals surface area contributed by atoms with Crippen molar-refractivity contribution in [2.75, 3.05) is 31.9 Å². The molecule has 4 rings (SSSR count). The van der Waals surface area contributed by atoms with Crippen LogP contribution in [0.25, 0.3) is 22.0 Å². The van der Waals surface area contributed by atoms with Crippen molar-refractivity contribution in [1.82, 2.24) is 15.2 Å². The van der Waals surface area contributed by atoms with Gasteiger partial charge in [-0.2, -0.15) is 13.2 Å². The molecule has 12 heteroatoms. The Labute approximate surface area is 242 Å². The minimum absolute atomic E-state index is 0.0567. The lowest BCUT2D eigenvalue weighted by atomic mass is 9.87. The molecule has 1 amide bonds. The smallest absolute Gasteiger partial charge is 0.393 e. The third-order valence-electron chi connectivity index (χ3n) is 6.55. The van der Waals surface area contributed by atoms with E-state index in [9.17, 15) is 26.4 Å². The first-order valence-electron chi connectivity index (χ1n) is 13.1. The zero-order valence-corrected chi connectivity index (χ0v) is 24.7. The number of anilines is 1. The standard InChI is InChI=1S/C30H33F3N4O4S/c1-29(2,3)20-9-12-23(13-10-20)42(39,40)36-22-11-14-25-24(18-22)26(19-7-6-8-21(17-19)30(31,32)33)27(35-25)41-28(38)34-15-16-37(4)5/h6-14,17-18,35-36H,15-16H2,1-5H3,(H,34,38). The number of aromatic amines is 1. The normalized spacial score (nSPS) is 12.5. The number of sulfonamides is 1. The quantitative estimate of drug-likeness (QED) is 0.211. The number of hydrogen-bond acceptors (Lipinski definition) is 5. The number of ether oxygens (including phenoxy) is 1. The Morgan fingerprint density at radius 3 is 2.26 bits per heavy atom. The fourth-order valence-electron chi connectivity index (χ4n) is 4.30. The van der Waals surface area contributed by atoms with E-state index >= 15 is 0 Å². The summed E-state index contributed by atoms with van der Waals surface area (Å²) in [7, 11) is -0.313. The Morgan fingerprint density at radius 2 is 1.64 bits per heavy atom. The second-order valence-corrected chi connectivity index (χ2v) is 12.8. The lowest BCUT2D eigenvalue weighted by Crippen LogP contribution is -2.33. The highest BCUT2D eigenvalue weighted by Gasteiger charge is 2.31. The number of halogens is 3. The molecule has 0 atom stereocenters. The van der Waals surface area contributed by atoms with E-state index in [0.717, 1.165) is 17.7 Å². The summed E-state index contributed by atoms with van der Waals surface area (Å²) in [4.78, 5) is 17.4. The summed E-state index contributed by atoms with van der Waals surface area (Å²) in [5, 5.41) is 2.96. The molecule has 0 saturated heterocycles. The maximum absolute atomic E-state index is 13.6. The van der Waals surface area contributed by atoms with Crippen LogP contribution in [0.1, 0.15) is 31.9 Å².